The Labute approximate surface area is 201 Å². The molecule has 2 aliphatic rings. The zero-order chi connectivity index (χ0) is 23.8. The molecule has 0 bridgehead atoms. The van der Waals surface area contributed by atoms with E-state index in [1.54, 1.807) is 12.4 Å². The van der Waals surface area contributed by atoms with Gasteiger partial charge in [0.2, 0.25) is 0 Å². The van der Waals surface area contributed by atoms with Gasteiger partial charge in [0.15, 0.2) is 5.82 Å². The Kier molecular flexibility index (Phi) is 6.29. The maximum atomic E-state index is 6.11. The van der Waals surface area contributed by atoms with Gasteiger partial charge in [0, 0.05) is 54.8 Å². The van der Waals surface area contributed by atoms with E-state index in [1.807, 2.05) is 50.7 Å². The van der Waals surface area contributed by atoms with Gasteiger partial charge in [0.05, 0.1) is 37.2 Å². The standard InChI is InChI=1S/C25H32BN5O3/c1-24(2)25(3,4)34-26(33-24)22-16-27-23(28-17-22)20-7-5-6-19(14-20)21-15-29-31(18-21)9-8-30-10-12-32-13-11-30/h5-7,14-18H,8-13H2,1-4H3. The molecule has 0 aliphatic carbocycles. The molecule has 34 heavy (non-hydrogen) atoms. The Morgan fingerprint density at radius 3 is 2.26 bits per heavy atom. The van der Waals surface area contributed by atoms with E-state index in [4.69, 9.17) is 14.0 Å². The van der Waals surface area contributed by atoms with Crippen LogP contribution in [0.15, 0.2) is 49.1 Å². The SMILES string of the molecule is CC1(C)OB(c2cnc(-c3cccc(-c4cnn(CCN5CCOCC5)c4)c3)nc2)OC1(C)C. The van der Waals surface area contributed by atoms with Crippen molar-refractivity contribution in [2.24, 2.45) is 0 Å². The van der Waals surface area contributed by atoms with Gasteiger partial charge < -0.3 is 14.0 Å². The molecule has 0 saturated carbocycles. The predicted octanol–water partition coefficient (Wildman–Crippen LogP) is 2.64. The van der Waals surface area contributed by atoms with Crippen LogP contribution in [0.3, 0.4) is 0 Å². The smallest absolute Gasteiger partial charge is 0.399 e. The fourth-order valence-corrected chi connectivity index (χ4v) is 4.13. The van der Waals surface area contributed by atoms with Gasteiger partial charge in [0.25, 0.3) is 0 Å². The highest BCUT2D eigenvalue weighted by molar-refractivity contribution is 6.61. The molecule has 3 aromatic rings. The quantitative estimate of drug-likeness (QED) is 0.523. The minimum absolute atomic E-state index is 0.392. The summed E-state index contributed by atoms with van der Waals surface area (Å²) in [6.45, 7) is 13.6. The number of aromatic nitrogens is 4. The van der Waals surface area contributed by atoms with E-state index in [2.05, 4.69) is 38.3 Å². The van der Waals surface area contributed by atoms with E-state index in [1.165, 1.54) is 0 Å². The predicted molar refractivity (Wildman–Crippen MR) is 132 cm³/mol. The molecule has 9 heteroatoms. The molecule has 4 heterocycles. The molecule has 0 spiro atoms. The van der Waals surface area contributed by atoms with Crippen LogP contribution in [-0.4, -0.2) is 75.8 Å². The molecular weight excluding hydrogens is 429 g/mol. The van der Waals surface area contributed by atoms with Crippen LogP contribution in [0, 0.1) is 0 Å². The second-order valence-electron chi connectivity index (χ2n) is 9.96. The van der Waals surface area contributed by atoms with Crippen LogP contribution in [0.5, 0.6) is 0 Å². The van der Waals surface area contributed by atoms with Gasteiger partial charge >= 0.3 is 7.12 Å². The number of morpholine rings is 1. The number of rotatable bonds is 6. The first-order valence-corrected chi connectivity index (χ1v) is 11.9. The topological polar surface area (TPSA) is 74.5 Å². The molecule has 0 unspecified atom stereocenters. The van der Waals surface area contributed by atoms with Gasteiger partial charge in [-0.2, -0.15) is 5.10 Å². The number of nitrogens with zero attached hydrogens (tertiary/aromatic N) is 5. The molecule has 2 aliphatic heterocycles. The van der Waals surface area contributed by atoms with Crippen molar-refractivity contribution in [3.8, 4) is 22.5 Å². The van der Waals surface area contributed by atoms with Crippen LogP contribution < -0.4 is 5.46 Å². The first-order valence-electron chi connectivity index (χ1n) is 11.9. The van der Waals surface area contributed by atoms with E-state index in [0.717, 1.165) is 61.5 Å². The van der Waals surface area contributed by atoms with Gasteiger partial charge in [-0.15, -0.1) is 0 Å². The summed E-state index contributed by atoms with van der Waals surface area (Å²) in [4.78, 5) is 11.6. The molecule has 0 radical (unpaired) electrons. The first-order chi connectivity index (χ1) is 16.3. The Balaban J connectivity index is 1.27. The maximum absolute atomic E-state index is 6.11. The minimum Gasteiger partial charge on any atom is -0.399 e. The highest BCUT2D eigenvalue weighted by atomic mass is 16.7. The highest BCUT2D eigenvalue weighted by Gasteiger charge is 2.51. The van der Waals surface area contributed by atoms with Crippen LogP contribution in [0.2, 0.25) is 0 Å². The van der Waals surface area contributed by atoms with Gasteiger partial charge in [-0.25, -0.2) is 9.97 Å². The zero-order valence-electron chi connectivity index (χ0n) is 20.4. The molecule has 5 rings (SSSR count). The fraction of sp³-hybridized carbons (Fsp3) is 0.480. The van der Waals surface area contributed by atoms with Crippen LogP contribution in [0.1, 0.15) is 27.7 Å². The Morgan fingerprint density at radius 2 is 1.56 bits per heavy atom. The Hall–Kier alpha value is -2.59. The average Bonchev–Trinajstić information content (AvgIpc) is 3.40. The van der Waals surface area contributed by atoms with Gasteiger partial charge in [-0.1, -0.05) is 18.2 Å². The minimum atomic E-state index is -0.464. The largest absolute Gasteiger partial charge is 0.498 e. The van der Waals surface area contributed by atoms with Crippen molar-refractivity contribution in [3.05, 3.63) is 49.1 Å². The first kappa shape index (κ1) is 23.2. The van der Waals surface area contributed by atoms with E-state index < -0.39 is 18.3 Å². The number of hydrogen-bond donors (Lipinski definition) is 0. The van der Waals surface area contributed by atoms with Gasteiger partial charge in [-0.05, 0) is 39.3 Å². The molecule has 0 N–H and O–H groups in total. The third-order valence-electron chi connectivity index (χ3n) is 7.03. The van der Waals surface area contributed by atoms with E-state index in [-0.39, 0.29) is 0 Å². The second kappa shape index (κ2) is 9.22. The molecule has 2 saturated heterocycles. The van der Waals surface area contributed by atoms with Gasteiger partial charge in [0.1, 0.15) is 0 Å². The van der Waals surface area contributed by atoms with Crippen molar-refractivity contribution in [3.63, 3.8) is 0 Å². The van der Waals surface area contributed by atoms with Crippen molar-refractivity contribution >= 4 is 12.6 Å². The Morgan fingerprint density at radius 1 is 0.882 bits per heavy atom. The number of ether oxygens (including phenoxy) is 1. The summed E-state index contributed by atoms with van der Waals surface area (Å²) in [6.07, 6.45) is 7.60. The monoisotopic (exact) mass is 461 g/mol. The summed E-state index contributed by atoms with van der Waals surface area (Å²) in [7, 11) is -0.464. The lowest BCUT2D eigenvalue weighted by atomic mass is 9.81. The molecule has 178 valence electrons. The van der Waals surface area contributed by atoms with Crippen LogP contribution in [0.4, 0.5) is 0 Å². The summed E-state index contributed by atoms with van der Waals surface area (Å²) in [5.41, 5.74) is 3.17. The van der Waals surface area contributed by atoms with Crippen molar-refractivity contribution in [2.45, 2.75) is 45.4 Å². The summed E-state index contributed by atoms with van der Waals surface area (Å²) in [5, 5.41) is 4.56. The summed E-state index contributed by atoms with van der Waals surface area (Å²) < 4.78 is 19.7. The summed E-state index contributed by atoms with van der Waals surface area (Å²) in [5.74, 6) is 0.668. The number of benzene rings is 1. The maximum Gasteiger partial charge on any atom is 0.498 e. The van der Waals surface area contributed by atoms with Crippen molar-refractivity contribution in [2.75, 3.05) is 32.8 Å². The Bertz CT molecular complexity index is 1110. The van der Waals surface area contributed by atoms with Crippen LogP contribution in [0.25, 0.3) is 22.5 Å². The molecule has 0 amide bonds. The molecule has 2 fully saturated rings. The van der Waals surface area contributed by atoms with Gasteiger partial charge in [-0.3, -0.25) is 9.58 Å². The van der Waals surface area contributed by atoms with E-state index in [9.17, 15) is 0 Å². The summed E-state index contributed by atoms with van der Waals surface area (Å²) >= 11 is 0. The molecule has 2 aromatic heterocycles. The lowest BCUT2D eigenvalue weighted by molar-refractivity contribution is 0.00578. The van der Waals surface area contributed by atoms with Crippen molar-refractivity contribution in [1.29, 1.82) is 0 Å². The molecule has 8 nitrogen and oxygen atoms in total. The molecule has 0 atom stereocenters. The molecule has 1 aromatic carbocycles. The van der Waals surface area contributed by atoms with Crippen LogP contribution >= 0.6 is 0 Å². The van der Waals surface area contributed by atoms with E-state index in [0.29, 0.717) is 5.82 Å². The second-order valence-corrected chi connectivity index (χ2v) is 9.96. The van der Waals surface area contributed by atoms with Crippen LogP contribution in [-0.2, 0) is 20.6 Å². The lowest BCUT2D eigenvalue weighted by Gasteiger charge is -2.32. The third-order valence-corrected chi connectivity index (χ3v) is 7.03. The fourth-order valence-electron chi connectivity index (χ4n) is 4.13. The third kappa shape index (κ3) is 4.79. The van der Waals surface area contributed by atoms with E-state index >= 15 is 0 Å². The highest BCUT2D eigenvalue weighted by Crippen LogP contribution is 2.36. The average molecular weight is 461 g/mol. The summed E-state index contributed by atoms with van der Waals surface area (Å²) in [6, 6.07) is 8.25. The van der Waals surface area contributed by atoms with Crippen molar-refractivity contribution in [1.82, 2.24) is 24.6 Å². The van der Waals surface area contributed by atoms with Crippen molar-refractivity contribution < 1.29 is 14.0 Å². The lowest BCUT2D eigenvalue weighted by Crippen LogP contribution is -2.41. The zero-order valence-corrected chi connectivity index (χ0v) is 20.4. The number of hydrogen-bond acceptors (Lipinski definition) is 7. The normalized spacial score (nSPS) is 20.1. The molecular formula is C25H32BN5O3.